The van der Waals surface area contributed by atoms with Crippen molar-refractivity contribution in [3.8, 4) is 11.1 Å². The maximum absolute atomic E-state index is 13.9. The first kappa shape index (κ1) is 13.2. The minimum Gasteiger partial charge on any atom is -0.313 e. The van der Waals surface area contributed by atoms with E-state index in [4.69, 9.17) is 0 Å². The second-order valence-electron chi connectivity index (χ2n) is 4.08. The lowest BCUT2D eigenvalue weighted by Gasteiger charge is -2.07. The minimum absolute atomic E-state index is 0.211. The third kappa shape index (κ3) is 2.98. The Morgan fingerprint density at radius 1 is 1.11 bits per heavy atom. The Kier molecular flexibility index (Phi) is 4.50. The highest BCUT2D eigenvalue weighted by atomic mass is 79.9. The normalized spacial score (nSPS) is 10.6. The first-order valence-corrected chi connectivity index (χ1v) is 6.75. The van der Waals surface area contributed by atoms with E-state index in [1.54, 1.807) is 12.1 Å². The molecule has 0 spiro atoms. The number of nitrogens with one attached hydrogen (secondary N) is 1. The third-order valence-electron chi connectivity index (χ3n) is 2.80. The van der Waals surface area contributed by atoms with Crippen LogP contribution in [0, 0.1) is 5.82 Å². The van der Waals surface area contributed by atoms with Crippen molar-refractivity contribution in [1.29, 1.82) is 0 Å². The molecule has 0 unspecified atom stereocenters. The fourth-order valence-electron chi connectivity index (χ4n) is 1.80. The molecule has 0 saturated heterocycles. The van der Waals surface area contributed by atoms with Gasteiger partial charge in [0.1, 0.15) is 5.82 Å². The van der Waals surface area contributed by atoms with Gasteiger partial charge in [-0.05, 0) is 39.7 Å². The summed E-state index contributed by atoms with van der Waals surface area (Å²) >= 11 is 3.21. The summed E-state index contributed by atoms with van der Waals surface area (Å²) in [5.74, 6) is -0.211. The molecule has 0 saturated carbocycles. The zero-order valence-electron chi connectivity index (χ0n) is 10.2. The van der Waals surface area contributed by atoms with Crippen molar-refractivity contribution in [1.82, 2.24) is 5.32 Å². The molecular weight excluding hydrogens is 293 g/mol. The summed E-state index contributed by atoms with van der Waals surface area (Å²) in [4.78, 5) is 0. The van der Waals surface area contributed by atoms with E-state index in [1.807, 2.05) is 30.3 Å². The number of benzene rings is 2. The highest BCUT2D eigenvalue weighted by Gasteiger charge is 2.07. The van der Waals surface area contributed by atoms with Gasteiger partial charge in [0.25, 0.3) is 0 Å². The molecule has 2 rings (SSSR count). The zero-order valence-corrected chi connectivity index (χ0v) is 11.8. The van der Waals surface area contributed by atoms with Gasteiger partial charge in [-0.2, -0.15) is 0 Å². The summed E-state index contributed by atoms with van der Waals surface area (Å²) in [5, 5.41) is 3.26. The van der Waals surface area contributed by atoms with Crippen molar-refractivity contribution in [2.24, 2.45) is 0 Å². The molecule has 0 atom stereocenters. The van der Waals surface area contributed by atoms with Crippen LogP contribution in [0.4, 0.5) is 4.39 Å². The highest BCUT2D eigenvalue weighted by Crippen LogP contribution is 2.27. The summed E-state index contributed by atoms with van der Waals surface area (Å²) in [6, 6.07) is 13.3. The molecule has 1 nitrogen and oxygen atoms in total. The molecule has 0 aromatic heterocycles. The summed E-state index contributed by atoms with van der Waals surface area (Å²) in [6.07, 6.45) is 0. The fourth-order valence-corrected chi connectivity index (χ4v) is 2.16. The van der Waals surface area contributed by atoms with Gasteiger partial charge in [0.05, 0.1) is 4.47 Å². The minimum atomic E-state index is -0.211. The summed E-state index contributed by atoms with van der Waals surface area (Å²) < 4.78 is 14.4. The summed E-state index contributed by atoms with van der Waals surface area (Å²) in [7, 11) is 0. The first-order valence-electron chi connectivity index (χ1n) is 5.96. The average Bonchev–Trinajstić information content (AvgIpc) is 2.40. The Morgan fingerprint density at radius 3 is 2.50 bits per heavy atom. The Labute approximate surface area is 115 Å². The predicted octanol–water partition coefficient (Wildman–Crippen LogP) is 4.36. The summed E-state index contributed by atoms with van der Waals surface area (Å²) in [6.45, 7) is 3.87. The van der Waals surface area contributed by atoms with E-state index in [2.05, 4.69) is 28.2 Å². The predicted molar refractivity (Wildman–Crippen MR) is 76.9 cm³/mol. The molecule has 0 bridgehead atoms. The average molecular weight is 308 g/mol. The van der Waals surface area contributed by atoms with E-state index >= 15 is 0 Å². The maximum atomic E-state index is 13.9. The van der Waals surface area contributed by atoms with E-state index in [0.717, 1.165) is 18.7 Å². The molecule has 3 heteroatoms. The van der Waals surface area contributed by atoms with Crippen molar-refractivity contribution >= 4 is 15.9 Å². The van der Waals surface area contributed by atoms with Crippen LogP contribution in [-0.4, -0.2) is 6.54 Å². The molecule has 0 fully saturated rings. The molecule has 0 aliphatic carbocycles. The monoisotopic (exact) mass is 307 g/mol. The van der Waals surface area contributed by atoms with E-state index in [0.29, 0.717) is 10.0 Å². The van der Waals surface area contributed by atoms with Crippen molar-refractivity contribution < 1.29 is 4.39 Å². The Balaban J connectivity index is 2.26. The van der Waals surface area contributed by atoms with Gasteiger partial charge in [-0.1, -0.05) is 43.3 Å². The molecule has 0 amide bonds. The Morgan fingerprint density at radius 2 is 1.83 bits per heavy atom. The Bertz CT molecular complexity index is 523. The first-order chi connectivity index (χ1) is 8.72. The summed E-state index contributed by atoms with van der Waals surface area (Å²) in [5.41, 5.74) is 2.73. The van der Waals surface area contributed by atoms with Crippen molar-refractivity contribution in [3.05, 3.63) is 58.3 Å². The second-order valence-corrected chi connectivity index (χ2v) is 4.93. The quantitative estimate of drug-likeness (QED) is 0.884. The SMILES string of the molecule is CCNCc1ccc(-c2cccc(Br)c2F)cc1. The fraction of sp³-hybridized carbons (Fsp3) is 0.200. The molecule has 2 aromatic rings. The van der Waals surface area contributed by atoms with Gasteiger partial charge >= 0.3 is 0 Å². The van der Waals surface area contributed by atoms with Crippen LogP contribution in [0.3, 0.4) is 0 Å². The van der Waals surface area contributed by atoms with E-state index < -0.39 is 0 Å². The van der Waals surface area contributed by atoms with E-state index in [-0.39, 0.29) is 5.82 Å². The lowest BCUT2D eigenvalue weighted by atomic mass is 10.0. The van der Waals surface area contributed by atoms with Crippen LogP contribution < -0.4 is 5.32 Å². The highest BCUT2D eigenvalue weighted by molar-refractivity contribution is 9.10. The smallest absolute Gasteiger partial charge is 0.145 e. The van der Waals surface area contributed by atoms with Gasteiger partial charge in [0, 0.05) is 12.1 Å². The standard InChI is InChI=1S/C15H15BrFN/c1-2-18-10-11-6-8-12(9-7-11)13-4-3-5-14(16)15(13)17/h3-9,18H,2,10H2,1H3. The molecule has 0 radical (unpaired) electrons. The second kappa shape index (κ2) is 6.12. The molecule has 0 aliphatic rings. The zero-order chi connectivity index (χ0) is 13.0. The Hall–Kier alpha value is -1.19. The van der Waals surface area contributed by atoms with Crippen LogP contribution in [0.15, 0.2) is 46.9 Å². The maximum Gasteiger partial charge on any atom is 0.145 e. The lowest BCUT2D eigenvalue weighted by Crippen LogP contribution is -2.11. The molecule has 94 valence electrons. The molecule has 0 aliphatic heterocycles. The molecular formula is C15H15BrFN. The van der Waals surface area contributed by atoms with Gasteiger partial charge in [-0.25, -0.2) is 4.39 Å². The van der Waals surface area contributed by atoms with E-state index in [1.165, 1.54) is 5.56 Å². The number of rotatable bonds is 4. The van der Waals surface area contributed by atoms with Crippen molar-refractivity contribution in [2.75, 3.05) is 6.54 Å². The number of hydrogen-bond acceptors (Lipinski definition) is 1. The van der Waals surface area contributed by atoms with Crippen LogP contribution in [0.1, 0.15) is 12.5 Å². The van der Waals surface area contributed by atoms with Crippen LogP contribution in [0.2, 0.25) is 0 Å². The van der Waals surface area contributed by atoms with E-state index in [9.17, 15) is 4.39 Å². The molecule has 1 N–H and O–H groups in total. The van der Waals surface area contributed by atoms with Crippen LogP contribution in [-0.2, 0) is 6.54 Å². The number of halogens is 2. The molecule has 18 heavy (non-hydrogen) atoms. The van der Waals surface area contributed by atoms with Gasteiger partial charge in [-0.3, -0.25) is 0 Å². The van der Waals surface area contributed by atoms with Gasteiger partial charge < -0.3 is 5.32 Å². The third-order valence-corrected chi connectivity index (χ3v) is 3.41. The topological polar surface area (TPSA) is 12.0 Å². The van der Waals surface area contributed by atoms with Gasteiger partial charge in [-0.15, -0.1) is 0 Å². The number of hydrogen-bond donors (Lipinski definition) is 1. The van der Waals surface area contributed by atoms with Crippen molar-refractivity contribution in [3.63, 3.8) is 0 Å². The van der Waals surface area contributed by atoms with Gasteiger partial charge in [0.15, 0.2) is 0 Å². The molecule has 0 heterocycles. The van der Waals surface area contributed by atoms with Crippen LogP contribution in [0.25, 0.3) is 11.1 Å². The van der Waals surface area contributed by atoms with Crippen LogP contribution in [0.5, 0.6) is 0 Å². The van der Waals surface area contributed by atoms with Gasteiger partial charge in [0.2, 0.25) is 0 Å². The van der Waals surface area contributed by atoms with Crippen molar-refractivity contribution in [2.45, 2.75) is 13.5 Å². The van der Waals surface area contributed by atoms with Crippen LogP contribution >= 0.6 is 15.9 Å². The lowest BCUT2D eigenvalue weighted by molar-refractivity contribution is 0.624. The molecule has 2 aromatic carbocycles. The largest absolute Gasteiger partial charge is 0.313 e.